The molecule has 7 nitrogen and oxygen atoms in total. The molecule has 2 heterocycles. The van der Waals surface area contributed by atoms with E-state index in [2.05, 4.69) is 34.6 Å². The van der Waals surface area contributed by atoms with Crippen molar-refractivity contribution in [3.63, 3.8) is 0 Å². The fraction of sp³-hybridized carbons (Fsp3) is 0.739. The van der Waals surface area contributed by atoms with E-state index >= 15 is 0 Å². The standard InChI is InChI=1S/C23H34N6OS/c1-14(2)12-25-19-18-13-26-29(20(18)28-22(27-19)31-3)5-4-24-21(30)23-9-15-6-16(10-23)8-17(7-15)11-23/h13-17H,4-12H2,1-3H3,(H,24,30)(H,25,27,28). The molecule has 4 aliphatic carbocycles. The Bertz CT molecular complexity index is 935. The molecule has 0 saturated heterocycles. The Morgan fingerprint density at radius 2 is 1.87 bits per heavy atom. The summed E-state index contributed by atoms with van der Waals surface area (Å²) < 4.78 is 1.90. The van der Waals surface area contributed by atoms with E-state index in [1.807, 2.05) is 17.1 Å². The number of carbonyl (C=O) groups is 1. The van der Waals surface area contributed by atoms with Crippen LogP contribution in [-0.2, 0) is 11.3 Å². The van der Waals surface area contributed by atoms with Gasteiger partial charge in [-0.2, -0.15) is 5.10 Å². The number of hydrogen-bond acceptors (Lipinski definition) is 6. The predicted octanol–water partition coefficient (Wildman–Crippen LogP) is 3.95. The van der Waals surface area contributed by atoms with Gasteiger partial charge in [0.1, 0.15) is 5.82 Å². The SMILES string of the molecule is CSc1nc(NCC(C)C)c2cnn(CCNC(=O)C34CC5CC(CC(C5)C3)C4)c2n1. The lowest BCUT2D eigenvalue weighted by Gasteiger charge is -2.55. The Kier molecular flexibility index (Phi) is 5.61. The molecule has 168 valence electrons. The summed E-state index contributed by atoms with van der Waals surface area (Å²) in [6.45, 7) is 6.42. The number of nitrogens with zero attached hydrogens (tertiary/aromatic N) is 4. The molecule has 0 atom stereocenters. The first-order valence-corrected chi connectivity index (χ1v) is 13.0. The number of fused-ring (bicyclic) bond motifs is 1. The predicted molar refractivity (Wildman–Crippen MR) is 124 cm³/mol. The fourth-order valence-corrected chi connectivity index (χ4v) is 6.84. The largest absolute Gasteiger partial charge is 0.369 e. The first-order chi connectivity index (χ1) is 15.0. The zero-order valence-corrected chi connectivity index (χ0v) is 19.7. The maximum absolute atomic E-state index is 13.2. The van der Waals surface area contributed by atoms with E-state index in [9.17, 15) is 4.79 Å². The van der Waals surface area contributed by atoms with E-state index in [0.717, 1.165) is 65.6 Å². The van der Waals surface area contributed by atoms with Crippen LogP contribution >= 0.6 is 11.8 Å². The van der Waals surface area contributed by atoms with Crippen molar-refractivity contribution in [2.45, 2.75) is 64.1 Å². The minimum Gasteiger partial charge on any atom is -0.369 e. The van der Waals surface area contributed by atoms with Gasteiger partial charge in [-0.25, -0.2) is 14.6 Å². The lowest BCUT2D eigenvalue weighted by molar-refractivity contribution is -0.146. The molecular formula is C23H34N6OS. The molecule has 2 aromatic heterocycles. The van der Waals surface area contributed by atoms with Crippen molar-refractivity contribution >= 4 is 34.5 Å². The van der Waals surface area contributed by atoms with Crippen LogP contribution in [0.3, 0.4) is 0 Å². The first-order valence-electron chi connectivity index (χ1n) is 11.8. The van der Waals surface area contributed by atoms with Crippen LogP contribution < -0.4 is 10.6 Å². The second-order valence-corrected chi connectivity index (χ2v) is 11.2. The van der Waals surface area contributed by atoms with E-state index in [1.54, 1.807) is 0 Å². The number of anilines is 1. The van der Waals surface area contributed by atoms with Gasteiger partial charge in [0.2, 0.25) is 5.91 Å². The number of amides is 1. The number of hydrogen-bond donors (Lipinski definition) is 2. The van der Waals surface area contributed by atoms with E-state index in [0.29, 0.717) is 19.0 Å². The first kappa shape index (κ1) is 21.0. The van der Waals surface area contributed by atoms with Crippen LogP contribution in [-0.4, -0.2) is 45.0 Å². The van der Waals surface area contributed by atoms with Gasteiger partial charge in [0, 0.05) is 18.5 Å². The van der Waals surface area contributed by atoms with Crippen LogP contribution in [0.25, 0.3) is 11.0 Å². The third-order valence-corrected chi connectivity index (χ3v) is 8.01. The third kappa shape index (κ3) is 4.03. The molecule has 6 rings (SSSR count). The Labute approximate surface area is 188 Å². The van der Waals surface area contributed by atoms with Crippen molar-refractivity contribution < 1.29 is 4.79 Å². The van der Waals surface area contributed by atoms with Crippen molar-refractivity contribution in [2.75, 3.05) is 24.7 Å². The molecule has 0 aliphatic heterocycles. The Balaban J connectivity index is 1.27. The fourth-order valence-electron chi connectivity index (χ4n) is 6.48. The van der Waals surface area contributed by atoms with Crippen LogP contribution in [0.1, 0.15) is 52.4 Å². The van der Waals surface area contributed by atoms with Gasteiger partial charge in [0.25, 0.3) is 0 Å². The van der Waals surface area contributed by atoms with Gasteiger partial charge in [-0.15, -0.1) is 0 Å². The maximum Gasteiger partial charge on any atom is 0.226 e. The summed E-state index contributed by atoms with van der Waals surface area (Å²) >= 11 is 1.53. The molecule has 4 fully saturated rings. The quantitative estimate of drug-likeness (QED) is 0.476. The molecule has 0 unspecified atom stereocenters. The zero-order valence-electron chi connectivity index (χ0n) is 18.9. The van der Waals surface area contributed by atoms with Crippen LogP contribution in [0.2, 0.25) is 0 Å². The molecular weight excluding hydrogens is 408 g/mol. The molecule has 1 amide bonds. The van der Waals surface area contributed by atoms with Gasteiger partial charge in [0.05, 0.1) is 18.1 Å². The van der Waals surface area contributed by atoms with Gasteiger partial charge in [0.15, 0.2) is 10.8 Å². The average molecular weight is 443 g/mol. The highest BCUT2D eigenvalue weighted by atomic mass is 32.2. The maximum atomic E-state index is 13.2. The monoisotopic (exact) mass is 442 g/mol. The van der Waals surface area contributed by atoms with E-state index in [1.165, 1.54) is 31.0 Å². The minimum absolute atomic E-state index is 0.0942. The van der Waals surface area contributed by atoms with Crippen LogP contribution in [0, 0.1) is 29.1 Å². The summed E-state index contributed by atoms with van der Waals surface area (Å²) in [5.41, 5.74) is 0.734. The van der Waals surface area contributed by atoms with Gasteiger partial charge in [-0.3, -0.25) is 4.79 Å². The highest BCUT2D eigenvalue weighted by Gasteiger charge is 2.54. The van der Waals surface area contributed by atoms with E-state index in [-0.39, 0.29) is 11.3 Å². The van der Waals surface area contributed by atoms with Gasteiger partial charge in [-0.05, 0) is 68.5 Å². The lowest BCUT2D eigenvalue weighted by Crippen LogP contribution is -2.53. The Hall–Kier alpha value is -1.83. The minimum atomic E-state index is -0.0942. The normalized spacial score (nSPS) is 29.1. The molecule has 8 heteroatoms. The van der Waals surface area contributed by atoms with Crippen molar-refractivity contribution in [3.8, 4) is 0 Å². The van der Waals surface area contributed by atoms with Crippen LogP contribution in [0.4, 0.5) is 5.82 Å². The second-order valence-electron chi connectivity index (χ2n) is 10.4. The Morgan fingerprint density at radius 1 is 1.19 bits per heavy atom. The molecule has 4 bridgehead atoms. The van der Waals surface area contributed by atoms with Gasteiger partial charge in [-0.1, -0.05) is 25.6 Å². The van der Waals surface area contributed by atoms with Crippen molar-refractivity contribution in [1.82, 2.24) is 25.1 Å². The number of carbonyl (C=O) groups excluding carboxylic acids is 1. The van der Waals surface area contributed by atoms with Crippen LogP contribution in [0.15, 0.2) is 11.4 Å². The highest BCUT2D eigenvalue weighted by molar-refractivity contribution is 7.98. The smallest absolute Gasteiger partial charge is 0.226 e. The third-order valence-electron chi connectivity index (χ3n) is 7.47. The molecule has 2 N–H and O–H groups in total. The second kappa shape index (κ2) is 8.26. The summed E-state index contributed by atoms with van der Waals surface area (Å²) in [4.78, 5) is 22.5. The average Bonchev–Trinajstić information content (AvgIpc) is 3.13. The van der Waals surface area contributed by atoms with E-state index < -0.39 is 0 Å². The molecule has 0 spiro atoms. The molecule has 0 aromatic carbocycles. The molecule has 31 heavy (non-hydrogen) atoms. The summed E-state index contributed by atoms with van der Waals surface area (Å²) in [6, 6.07) is 0. The summed E-state index contributed by atoms with van der Waals surface area (Å²) in [5.74, 6) is 3.99. The van der Waals surface area contributed by atoms with Crippen molar-refractivity contribution in [3.05, 3.63) is 6.20 Å². The molecule has 4 aliphatic rings. The van der Waals surface area contributed by atoms with Gasteiger partial charge < -0.3 is 10.6 Å². The van der Waals surface area contributed by atoms with Gasteiger partial charge >= 0.3 is 0 Å². The van der Waals surface area contributed by atoms with Crippen molar-refractivity contribution in [2.24, 2.45) is 29.1 Å². The number of rotatable bonds is 8. The molecule has 4 saturated carbocycles. The Morgan fingerprint density at radius 3 is 2.48 bits per heavy atom. The lowest BCUT2D eigenvalue weighted by atomic mass is 9.49. The summed E-state index contributed by atoms with van der Waals surface area (Å²) in [5, 5.41) is 12.9. The van der Waals surface area contributed by atoms with E-state index in [4.69, 9.17) is 4.98 Å². The van der Waals surface area contributed by atoms with Crippen molar-refractivity contribution in [1.29, 1.82) is 0 Å². The molecule has 2 aromatic rings. The summed E-state index contributed by atoms with van der Waals surface area (Å²) in [7, 11) is 0. The zero-order chi connectivity index (χ0) is 21.6. The highest BCUT2D eigenvalue weighted by Crippen LogP contribution is 2.60. The van der Waals surface area contributed by atoms with Crippen LogP contribution in [0.5, 0.6) is 0 Å². The number of thioether (sulfide) groups is 1. The topological polar surface area (TPSA) is 84.7 Å². The number of nitrogens with one attached hydrogen (secondary N) is 2. The number of aromatic nitrogens is 4. The summed E-state index contributed by atoms with van der Waals surface area (Å²) in [6.07, 6.45) is 11.2. The molecule has 0 radical (unpaired) electrons.